The van der Waals surface area contributed by atoms with E-state index in [9.17, 15) is 8.42 Å². The van der Waals surface area contributed by atoms with E-state index in [-0.39, 0.29) is 5.25 Å². The molecule has 19 heavy (non-hydrogen) atoms. The fourth-order valence-corrected chi connectivity index (χ4v) is 4.83. The van der Waals surface area contributed by atoms with Crippen molar-refractivity contribution in [3.8, 4) is 0 Å². The Hall–Kier alpha value is -0.170. The molecule has 0 radical (unpaired) electrons. The van der Waals surface area contributed by atoms with Gasteiger partial charge in [0.2, 0.25) is 10.0 Å². The van der Waals surface area contributed by atoms with Crippen LogP contribution in [0.4, 0.5) is 0 Å². The molecule has 6 heteroatoms. The van der Waals surface area contributed by atoms with Gasteiger partial charge >= 0.3 is 0 Å². The van der Waals surface area contributed by atoms with E-state index >= 15 is 0 Å². The van der Waals surface area contributed by atoms with E-state index in [4.69, 9.17) is 4.74 Å². The Morgan fingerprint density at radius 3 is 2.58 bits per heavy atom. The molecule has 0 aromatic heterocycles. The summed E-state index contributed by atoms with van der Waals surface area (Å²) >= 11 is 0. The molecule has 112 valence electrons. The lowest BCUT2D eigenvalue weighted by Crippen LogP contribution is -2.46. The molecule has 0 bridgehead atoms. The molecular formula is C13H26N2O3S. The first-order valence-corrected chi connectivity index (χ1v) is 8.86. The van der Waals surface area contributed by atoms with Crippen LogP contribution in [0.2, 0.25) is 0 Å². The maximum absolute atomic E-state index is 12.5. The summed E-state index contributed by atoms with van der Waals surface area (Å²) < 4.78 is 32.0. The van der Waals surface area contributed by atoms with Gasteiger partial charge in [-0.25, -0.2) is 12.7 Å². The van der Waals surface area contributed by atoms with Crippen LogP contribution in [0.3, 0.4) is 0 Å². The van der Waals surface area contributed by atoms with Crippen molar-refractivity contribution in [2.45, 2.75) is 37.4 Å². The number of hydrogen-bond donors (Lipinski definition) is 1. The number of ether oxygens (including phenoxy) is 1. The normalized spacial score (nSPS) is 27.5. The van der Waals surface area contributed by atoms with Crippen LogP contribution in [0.1, 0.15) is 32.1 Å². The third kappa shape index (κ3) is 3.90. The van der Waals surface area contributed by atoms with Gasteiger partial charge in [-0.2, -0.15) is 0 Å². The minimum absolute atomic E-state index is 0.310. The summed E-state index contributed by atoms with van der Waals surface area (Å²) in [6, 6.07) is 0. The molecule has 0 aromatic carbocycles. The monoisotopic (exact) mass is 290 g/mol. The minimum atomic E-state index is -3.14. The van der Waals surface area contributed by atoms with Gasteiger partial charge in [0.05, 0.1) is 11.9 Å². The number of nitrogens with zero attached hydrogens (tertiary/aromatic N) is 1. The zero-order chi connectivity index (χ0) is 13.7. The van der Waals surface area contributed by atoms with E-state index in [0.29, 0.717) is 32.2 Å². The average Bonchev–Trinajstić information content (AvgIpc) is 2.46. The third-order valence-electron chi connectivity index (χ3n) is 4.28. The van der Waals surface area contributed by atoms with Gasteiger partial charge in [0.25, 0.3) is 0 Å². The molecule has 0 aromatic rings. The van der Waals surface area contributed by atoms with Gasteiger partial charge in [0.1, 0.15) is 0 Å². The summed E-state index contributed by atoms with van der Waals surface area (Å²) in [5.41, 5.74) is 0. The Morgan fingerprint density at radius 2 is 2.00 bits per heavy atom. The highest BCUT2D eigenvalue weighted by Gasteiger charge is 2.35. The van der Waals surface area contributed by atoms with Gasteiger partial charge in [-0.1, -0.05) is 0 Å². The molecule has 2 aliphatic rings. The molecule has 0 spiro atoms. The average molecular weight is 290 g/mol. The third-order valence-corrected chi connectivity index (χ3v) is 6.57. The molecule has 2 saturated heterocycles. The van der Waals surface area contributed by atoms with Crippen LogP contribution in [0.5, 0.6) is 0 Å². The molecule has 1 atom stereocenters. The van der Waals surface area contributed by atoms with Crippen molar-refractivity contribution < 1.29 is 13.2 Å². The molecule has 0 aliphatic carbocycles. The largest absolute Gasteiger partial charge is 0.380 e. The maximum Gasteiger partial charge on any atom is 0.219 e. The zero-order valence-electron chi connectivity index (χ0n) is 11.8. The lowest BCUT2D eigenvalue weighted by Gasteiger charge is -2.34. The first-order valence-electron chi connectivity index (χ1n) is 7.36. The van der Waals surface area contributed by atoms with E-state index in [0.717, 1.165) is 38.6 Å². The SMILES string of the molecule is CNCCC1CCN(S(=O)(=O)C2CCCOC2)CC1. The molecule has 1 unspecified atom stereocenters. The molecule has 0 amide bonds. The van der Waals surface area contributed by atoms with Crippen LogP contribution in [0.15, 0.2) is 0 Å². The first kappa shape index (κ1) is 15.2. The van der Waals surface area contributed by atoms with Crippen LogP contribution in [0.25, 0.3) is 0 Å². The maximum atomic E-state index is 12.5. The van der Waals surface area contributed by atoms with E-state index in [1.165, 1.54) is 0 Å². The Bertz CT molecular complexity index is 358. The summed E-state index contributed by atoms with van der Waals surface area (Å²) in [5, 5.41) is 2.85. The molecule has 1 N–H and O–H groups in total. The van der Waals surface area contributed by atoms with Gasteiger partial charge in [-0.3, -0.25) is 0 Å². The lowest BCUT2D eigenvalue weighted by atomic mass is 9.95. The molecular weight excluding hydrogens is 264 g/mol. The second-order valence-corrected chi connectivity index (χ2v) is 7.83. The van der Waals surface area contributed by atoms with Gasteiger partial charge in [0, 0.05) is 19.7 Å². The van der Waals surface area contributed by atoms with Gasteiger partial charge in [-0.15, -0.1) is 0 Å². The van der Waals surface area contributed by atoms with Gasteiger partial charge in [0.15, 0.2) is 0 Å². The number of rotatable bonds is 5. The molecule has 0 saturated carbocycles. The van der Waals surface area contributed by atoms with Crippen LogP contribution >= 0.6 is 0 Å². The fourth-order valence-electron chi connectivity index (χ4n) is 2.96. The Labute approximate surface area is 116 Å². The molecule has 5 nitrogen and oxygen atoms in total. The predicted octanol–water partition coefficient (Wildman–Crippen LogP) is 0.817. The topological polar surface area (TPSA) is 58.6 Å². The zero-order valence-corrected chi connectivity index (χ0v) is 12.6. The van der Waals surface area contributed by atoms with E-state index in [1.807, 2.05) is 7.05 Å². The number of hydrogen-bond acceptors (Lipinski definition) is 4. The van der Waals surface area contributed by atoms with Gasteiger partial charge in [-0.05, 0) is 51.6 Å². The summed E-state index contributed by atoms with van der Waals surface area (Å²) in [4.78, 5) is 0. The second-order valence-electron chi connectivity index (χ2n) is 5.62. The number of nitrogens with one attached hydrogen (secondary N) is 1. The van der Waals surface area contributed by atoms with Crippen LogP contribution in [-0.4, -0.2) is 57.9 Å². The predicted molar refractivity (Wildman–Crippen MR) is 75.6 cm³/mol. The highest BCUT2D eigenvalue weighted by molar-refractivity contribution is 7.89. The second kappa shape index (κ2) is 7.02. The first-order chi connectivity index (χ1) is 9.14. The highest BCUT2D eigenvalue weighted by atomic mass is 32.2. The van der Waals surface area contributed by atoms with Crippen molar-refractivity contribution in [3.05, 3.63) is 0 Å². The summed E-state index contributed by atoms with van der Waals surface area (Å²) in [6.07, 6.45) is 4.75. The standard InChI is InChI=1S/C13H26N2O3S/c1-14-7-4-12-5-8-15(9-6-12)19(16,17)13-3-2-10-18-11-13/h12-14H,2-11H2,1H3. The van der Waals surface area contributed by atoms with Crippen LogP contribution < -0.4 is 5.32 Å². The number of piperidine rings is 1. The quantitative estimate of drug-likeness (QED) is 0.814. The summed E-state index contributed by atoms with van der Waals surface area (Å²) in [6.45, 7) is 3.48. The number of sulfonamides is 1. The fraction of sp³-hybridized carbons (Fsp3) is 1.00. The van der Waals surface area contributed by atoms with Crippen molar-refractivity contribution in [1.82, 2.24) is 9.62 Å². The lowest BCUT2D eigenvalue weighted by molar-refractivity contribution is 0.0968. The van der Waals surface area contributed by atoms with Crippen molar-refractivity contribution in [1.29, 1.82) is 0 Å². The van der Waals surface area contributed by atoms with E-state index < -0.39 is 10.0 Å². The summed E-state index contributed by atoms with van der Waals surface area (Å²) in [5.74, 6) is 0.668. The highest BCUT2D eigenvalue weighted by Crippen LogP contribution is 2.26. The van der Waals surface area contributed by atoms with Crippen LogP contribution in [0, 0.1) is 5.92 Å². The molecule has 2 heterocycles. The van der Waals surface area contributed by atoms with Gasteiger partial charge < -0.3 is 10.1 Å². The van der Waals surface area contributed by atoms with Crippen molar-refractivity contribution in [2.75, 3.05) is 39.9 Å². The van der Waals surface area contributed by atoms with Crippen molar-refractivity contribution in [3.63, 3.8) is 0 Å². The molecule has 2 rings (SSSR count). The minimum Gasteiger partial charge on any atom is -0.380 e. The smallest absolute Gasteiger partial charge is 0.219 e. The Kier molecular flexibility index (Phi) is 5.62. The Balaban J connectivity index is 1.85. The van der Waals surface area contributed by atoms with Crippen LogP contribution in [-0.2, 0) is 14.8 Å². The molecule has 2 fully saturated rings. The van der Waals surface area contributed by atoms with E-state index in [1.54, 1.807) is 4.31 Å². The molecule has 2 aliphatic heterocycles. The Morgan fingerprint density at radius 1 is 1.26 bits per heavy atom. The van der Waals surface area contributed by atoms with Crippen molar-refractivity contribution >= 4 is 10.0 Å². The summed E-state index contributed by atoms with van der Waals surface area (Å²) in [7, 11) is -1.18. The van der Waals surface area contributed by atoms with Crippen molar-refractivity contribution in [2.24, 2.45) is 5.92 Å². The van der Waals surface area contributed by atoms with E-state index in [2.05, 4.69) is 5.32 Å².